The van der Waals surface area contributed by atoms with Crippen LogP contribution >= 0.6 is 23.1 Å². The predicted octanol–water partition coefficient (Wildman–Crippen LogP) is 2.42. The highest BCUT2D eigenvalue weighted by Crippen LogP contribution is 2.25. The molecule has 1 heterocycles. The van der Waals surface area contributed by atoms with E-state index in [1.54, 1.807) is 4.90 Å². The zero-order valence-corrected chi connectivity index (χ0v) is 15.2. The van der Waals surface area contributed by atoms with Gasteiger partial charge in [-0.2, -0.15) is 0 Å². The summed E-state index contributed by atoms with van der Waals surface area (Å²) in [4.78, 5) is 25.4. The summed E-state index contributed by atoms with van der Waals surface area (Å²) < 4.78 is 0.659. The fraction of sp³-hybridized carbons (Fsp3) is 0.692. The molecule has 9 heteroatoms. The number of hydrogen-bond acceptors (Lipinski definition) is 6. The monoisotopic (exact) mass is 345 g/mol. The van der Waals surface area contributed by atoms with Gasteiger partial charge in [0.1, 0.15) is 0 Å². The first kappa shape index (κ1) is 18.7. The molecule has 0 spiro atoms. The van der Waals surface area contributed by atoms with Crippen molar-refractivity contribution >= 4 is 40.2 Å². The molecule has 0 aliphatic carbocycles. The van der Waals surface area contributed by atoms with Crippen LogP contribution in [-0.4, -0.2) is 51.4 Å². The molecule has 3 amide bonds. The smallest absolute Gasteiger partial charge is 0.321 e. The summed E-state index contributed by atoms with van der Waals surface area (Å²) in [6.07, 6.45) is 0. The van der Waals surface area contributed by atoms with Crippen LogP contribution in [0.5, 0.6) is 0 Å². The second-order valence-corrected chi connectivity index (χ2v) is 7.76. The Hall–Kier alpha value is -1.35. The Labute approximate surface area is 139 Å². The number of urea groups is 1. The SMILES string of the molecule is CCN(CC)C(=O)CSc1nnc(NC(=O)NC(C)(C)C)s1. The van der Waals surface area contributed by atoms with E-state index in [1.165, 1.54) is 23.1 Å². The van der Waals surface area contributed by atoms with Gasteiger partial charge >= 0.3 is 6.03 Å². The third-order valence-electron chi connectivity index (χ3n) is 2.55. The van der Waals surface area contributed by atoms with Crippen LogP contribution in [0.2, 0.25) is 0 Å². The Morgan fingerprint density at radius 1 is 1.23 bits per heavy atom. The minimum absolute atomic E-state index is 0.0742. The molecule has 0 aromatic carbocycles. The van der Waals surface area contributed by atoms with Gasteiger partial charge in [0.25, 0.3) is 0 Å². The number of anilines is 1. The molecule has 0 radical (unpaired) electrons. The number of carbonyl (C=O) groups excluding carboxylic acids is 2. The third-order valence-corrected chi connectivity index (χ3v) is 4.51. The average molecular weight is 345 g/mol. The Bertz CT molecular complexity index is 509. The summed E-state index contributed by atoms with van der Waals surface area (Å²) in [6, 6.07) is -0.320. The van der Waals surface area contributed by atoms with Gasteiger partial charge in [-0.15, -0.1) is 10.2 Å². The average Bonchev–Trinajstić information content (AvgIpc) is 2.83. The molecule has 124 valence electrons. The van der Waals surface area contributed by atoms with E-state index in [1.807, 2.05) is 34.6 Å². The lowest BCUT2D eigenvalue weighted by Gasteiger charge is -2.19. The van der Waals surface area contributed by atoms with Crippen molar-refractivity contribution in [3.8, 4) is 0 Å². The molecule has 2 N–H and O–H groups in total. The Morgan fingerprint density at radius 2 is 1.86 bits per heavy atom. The minimum atomic E-state index is -0.320. The number of carbonyl (C=O) groups is 2. The largest absolute Gasteiger partial charge is 0.343 e. The van der Waals surface area contributed by atoms with E-state index in [0.717, 1.165) is 0 Å². The fourth-order valence-corrected chi connectivity index (χ4v) is 3.23. The maximum Gasteiger partial charge on any atom is 0.321 e. The van der Waals surface area contributed by atoms with E-state index >= 15 is 0 Å². The molecule has 0 saturated heterocycles. The van der Waals surface area contributed by atoms with Gasteiger partial charge in [-0.3, -0.25) is 10.1 Å². The Balaban J connectivity index is 2.48. The molecule has 1 aromatic heterocycles. The maximum atomic E-state index is 11.9. The summed E-state index contributed by atoms with van der Waals surface area (Å²) in [5.74, 6) is 0.398. The van der Waals surface area contributed by atoms with Gasteiger partial charge in [0.05, 0.1) is 5.75 Å². The Kier molecular flexibility index (Phi) is 7.08. The van der Waals surface area contributed by atoms with Crippen molar-refractivity contribution < 1.29 is 9.59 Å². The molecule has 1 aromatic rings. The lowest BCUT2D eigenvalue weighted by atomic mass is 10.1. The molecular formula is C13H23N5O2S2. The first-order valence-corrected chi connectivity index (χ1v) is 8.88. The number of nitrogens with one attached hydrogen (secondary N) is 2. The van der Waals surface area contributed by atoms with Gasteiger partial charge in [0.2, 0.25) is 11.0 Å². The number of nitrogens with zero attached hydrogens (tertiary/aromatic N) is 3. The van der Waals surface area contributed by atoms with Crippen LogP contribution in [0.25, 0.3) is 0 Å². The number of aromatic nitrogens is 2. The van der Waals surface area contributed by atoms with Crippen LogP contribution in [0.15, 0.2) is 4.34 Å². The number of hydrogen-bond donors (Lipinski definition) is 2. The zero-order chi connectivity index (χ0) is 16.8. The van der Waals surface area contributed by atoms with Gasteiger partial charge in [0, 0.05) is 18.6 Å². The molecule has 0 unspecified atom stereocenters. The first-order valence-electron chi connectivity index (χ1n) is 7.08. The van der Waals surface area contributed by atoms with Crippen LogP contribution in [-0.2, 0) is 4.79 Å². The predicted molar refractivity (Wildman–Crippen MR) is 90.5 cm³/mol. The number of thioether (sulfide) groups is 1. The van der Waals surface area contributed by atoms with Crippen LogP contribution in [0.1, 0.15) is 34.6 Å². The van der Waals surface area contributed by atoms with E-state index < -0.39 is 0 Å². The van der Waals surface area contributed by atoms with Crippen LogP contribution in [0.4, 0.5) is 9.93 Å². The fourth-order valence-electron chi connectivity index (χ4n) is 1.58. The molecule has 22 heavy (non-hydrogen) atoms. The highest BCUT2D eigenvalue weighted by Gasteiger charge is 2.16. The lowest BCUT2D eigenvalue weighted by Crippen LogP contribution is -2.43. The second-order valence-electron chi connectivity index (χ2n) is 5.56. The normalized spacial score (nSPS) is 11.1. The highest BCUT2D eigenvalue weighted by atomic mass is 32.2. The summed E-state index contributed by atoms with van der Waals surface area (Å²) in [5, 5.41) is 13.7. The maximum absolute atomic E-state index is 11.9. The number of rotatable bonds is 6. The van der Waals surface area contributed by atoms with Crippen LogP contribution < -0.4 is 10.6 Å². The third kappa shape index (κ3) is 6.61. The molecule has 0 aliphatic heterocycles. The van der Waals surface area contributed by atoms with Crippen molar-refractivity contribution in [2.45, 2.75) is 44.5 Å². The van der Waals surface area contributed by atoms with Gasteiger partial charge in [-0.25, -0.2) is 4.79 Å². The van der Waals surface area contributed by atoms with Crippen molar-refractivity contribution in [2.75, 3.05) is 24.2 Å². The molecule has 0 atom stereocenters. The van der Waals surface area contributed by atoms with E-state index in [2.05, 4.69) is 20.8 Å². The summed E-state index contributed by atoms with van der Waals surface area (Å²) >= 11 is 2.58. The van der Waals surface area contributed by atoms with Gasteiger partial charge in [-0.05, 0) is 34.6 Å². The van der Waals surface area contributed by atoms with Gasteiger partial charge in [0.15, 0.2) is 4.34 Å². The van der Waals surface area contributed by atoms with E-state index in [-0.39, 0.29) is 17.5 Å². The van der Waals surface area contributed by atoms with Crippen molar-refractivity contribution in [3.63, 3.8) is 0 Å². The van der Waals surface area contributed by atoms with Crippen LogP contribution in [0, 0.1) is 0 Å². The molecular weight excluding hydrogens is 322 g/mol. The second kappa shape index (κ2) is 8.33. The number of amides is 3. The van der Waals surface area contributed by atoms with Crippen molar-refractivity contribution in [3.05, 3.63) is 0 Å². The minimum Gasteiger partial charge on any atom is -0.343 e. The quantitative estimate of drug-likeness (QED) is 0.611. The van der Waals surface area contributed by atoms with Gasteiger partial charge in [-0.1, -0.05) is 23.1 Å². The molecule has 7 nitrogen and oxygen atoms in total. The lowest BCUT2D eigenvalue weighted by molar-refractivity contribution is -0.127. The van der Waals surface area contributed by atoms with Gasteiger partial charge < -0.3 is 10.2 Å². The Morgan fingerprint density at radius 3 is 2.41 bits per heavy atom. The molecule has 0 aliphatic rings. The van der Waals surface area contributed by atoms with Crippen molar-refractivity contribution in [1.82, 2.24) is 20.4 Å². The topological polar surface area (TPSA) is 87.2 Å². The van der Waals surface area contributed by atoms with E-state index in [9.17, 15) is 9.59 Å². The standard InChI is InChI=1S/C13H23N5O2S2/c1-6-18(7-2)9(19)8-21-12-17-16-11(22-12)14-10(20)15-13(3,4)5/h6-8H2,1-5H3,(H2,14,15,16,20). The van der Waals surface area contributed by atoms with Crippen molar-refractivity contribution in [2.24, 2.45) is 0 Å². The van der Waals surface area contributed by atoms with Crippen LogP contribution in [0.3, 0.4) is 0 Å². The highest BCUT2D eigenvalue weighted by molar-refractivity contribution is 8.01. The van der Waals surface area contributed by atoms with Crippen molar-refractivity contribution in [1.29, 1.82) is 0 Å². The molecule has 1 rings (SSSR count). The van der Waals surface area contributed by atoms with E-state index in [4.69, 9.17) is 0 Å². The summed E-state index contributed by atoms with van der Waals surface area (Å²) in [6.45, 7) is 11.0. The summed E-state index contributed by atoms with van der Waals surface area (Å²) in [7, 11) is 0. The summed E-state index contributed by atoms with van der Waals surface area (Å²) in [5.41, 5.74) is -0.317. The zero-order valence-electron chi connectivity index (χ0n) is 13.6. The van der Waals surface area contributed by atoms with E-state index in [0.29, 0.717) is 28.3 Å². The molecule has 0 fully saturated rings. The molecule has 0 bridgehead atoms. The first-order chi connectivity index (χ1) is 10.2. The molecule has 0 saturated carbocycles.